The van der Waals surface area contributed by atoms with Gasteiger partial charge in [-0.1, -0.05) is 12.2 Å². The van der Waals surface area contributed by atoms with Crippen molar-refractivity contribution in [1.82, 2.24) is 44.0 Å². The Morgan fingerprint density at radius 2 is 1.45 bits per heavy atom. The summed E-state index contributed by atoms with van der Waals surface area (Å²) in [5, 5.41) is 23.2. The molecule has 19 nitrogen and oxygen atoms in total. The molecule has 1 fully saturated rings. The number of rotatable bonds is 16. The summed E-state index contributed by atoms with van der Waals surface area (Å²) >= 11 is 0. The molecule has 304 valence electrons. The fourth-order valence-electron chi connectivity index (χ4n) is 6.84. The van der Waals surface area contributed by atoms with Crippen LogP contribution in [0, 0.1) is 19.8 Å². The van der Waals surface area contributed by atoms with Gasteiger partial charge in [0.15, 0.2) is 0 Å². The van der Waals surface area contributed by atoms with E-state index < -0.39 is 27.7 Å². The highest BCUT2D eigenvalue weighted by Crippen LogP contribution is 2.32. The predicted molar refractivity (Wildman–Crippen MR) is 216 cm³/mol. The minimum Gasteiger partial charge on any atom is -0.491 e. The predicted octanol–water partition coefficient (Wildman–Crippen LogP) is 2.93. The number of nitrogens with zero attached hydrogens (tertiary/aromatic N) is 8. The van der Waals surface area contributed by atoms with Crippen LogP contribution >= 0.6 is 0 Å². The molecule has 0 aliphatic carbocycles. The number of sulfonamides is 1. The van der Waals surface area contributed by atoms with Gasteiger partial charge in [-0.15, -0.1) is 0 Å². The lowest BCUT2D eigenvalue weighted by Gasteiger charge is -2.26. The molecule has 3 amide bonds. The molecule has 0 spiro atoms. The van der Waals surface area contributed by atoms with Crippen LogP contribution in [0.3, 0.4) is 0 Å². The second-order valence-electron chi connectivity index (χ2n) is 14.0. The minimum absolute atomic E-state index is 0.127. The minimum atomic E-state index is -4.03. The number of imidazole rings is 2. The molecule has 2 aromatic carbocycles. The third kappa shape index (κ3) is 8.20. The SMILES string of the molecule is CCn1nc(C)cc1C(=O)Nc1nc2cc(S(N)(=O)=O)ccc2n1C/C=C/Cn1c(NC(=O)c2cc(C)nn2CC)nc2cc(C(N)=O)cc(OCCC3CNC3)c21. The Kier molecular flexibility index (Phi) is 11.2. The van der Waals surface area contributed by atoms with E-state index in [9.17, 15) is 22.8 Å². The van der Waals surface area contributed by atoms with E-state index in [2.05, 4.69) is 31.1 Å². The number of ether oxygens (including phenoxy) is 1. The summed E-state index contributed by atoms with van der Waals surface area (Å²) in [4.78, 5) is 48.8. The number of hydrogen-bond acceptors (Lipinski definition) is 11. The lowest BCUT2D eigenvalue weighted by atomic mass is 10.0. The molecule has 1 aliphatic rings. The first-order chi connectivity index (χ1) is 27.7. The van der Waals surface area contributed by atoms with E-state index >= 15 is 0 Å². The van der Waals surface area contributed by atoms with Crippen molar-refractivity contribution in [3.05, 3.63) is 83.0 Å². The molecule has 1 saturated heterocycles. The van der Waals surface area contributed by atoms with Gasteiger partial charge in [0.05, 0.1) is 39.4 Å². The monoisotopic (exact) mass is 811 g/mol. The van der Waals surface area contributed by atoms with Crippen molar-refractivity contribution >= 4 is 61.7 Å². The lowest BCUT2D eigenvalue weighted by Crippen LogP contribution is -2.42. The molecule has 6 aromatic rings. The van der Waals surface area contributed by atoms with Gasteiger partial charge in [0, 0.05) is 31.7 Å². The average molecular weight is 812 g/mol. The highest BCUT2D eigenvalue weighted by molar-refractivity contribution is 7.89. The Bertz CT molecular complexity index is 2700. The molecular weight excluding hydrogens is 767 g/mol. The fourth-order valence-corrected chi connectivity index (χ4v) is 7.37. The number of anilines is 2. The summed E-state index contributed by atoms with van der Waals surface area (Å²) in [5.74, 6) is -0.316. The van der Waals surface area contributed by atoms with E-state index in [1.54, 1.807) is 62.7 Å². The number of nitrogens with one attached hydrogen (secondary N) is 3. The van der Waals surface area contributed by atoms with Crippen molar-refractivity contribution in [1.29, 1.82) is 0 Å². The van der Waals surface area contributed by atoms with Crippen LogP contribution in [0.4, 0.5) is 11.9 Å². The maximum atomic E-state index is 13.7. The van der Waals surface area contributed by atoms with Gasteiger partial charge in [-0.25, -0.2) is 23.5 Å². The molecule has 5 heterocycles. The summed E-state index contributed by atoms with van der Waals surface area (Å²) in [6.45, 7) is 10.8. The third-order valence-corrected chi connectivity index (χ3v) is 10.8. The van der Waals surface area contributed by atoms with Gasteiger partial charge in [0.25, 0.3) is 11.8 Å². The molecule has 7 rings (SSSR count). The smallest absolute Gasteiger partial charge is 0.276 e. The van der Waals surface area contributed by atoms with E-state index in [0.717, 1.165) is 19.5 Å². The Morgan fingerprint density at radius 1 is 0.862 bits per heavy atom. The van der Waals surface area contributed by atoms with E-state index in [-0.39, 0.29) is 35.4 Å². The molecule has 0 atom stereocenters. The number of carbonyl (C=O) groups excluding carboxylic acids is 3. The van der Waals surface area contributed by atoms with Gasteiger partial charge in [-0.3, -0.25) is 34.4 Å². The summed E-state index contributed by atoms with van der Waals surface area (Å²) in [6, 6.07) is 10.8. The molecule has 0 bridgehead atoms. The second-order valence-corrected chi connectivity index (χ2v) is 15.6. The zero-order valence-electron chi connectivity index (χ0n) is 32.5. The number of nitrogens with two attached hydrogens (primary N) is 2. The number of primary sulfonamides is 1. The van der Waals surface area contributed by atoms with Crippen LogP contribution in [0.5, 0.6) is 5.75 Å². The van der Waals surface area contributed by atoms with Crippen molar-refractivity contribution in [2.45, 2.75) is 65.2 Å². The number of allylic oxidation sites excluding steroid dienone is 2. The van der Waals surface area contributed by atoms with Crippen molar-refractivity contribution in [2.75, 3.05) is 30.3 Å². The van der Waals surface area contributed by atoms with E-state index in [4.69, 9.17) is 20.6 Å². The van der Waals surface area contributed by atoms with Crippen LogP contribution in [0.2, 0.25) is 0 Å². The molecule has 1 aliphatic heterocycles. The van der Waals surface area contributed by atoms with Crippen molar-refractivity contribution in [3.63, 3.8) is 0 Å². The van der Waals surface area contributed by atoms with Crippen LogP contribution in [0.25, 0.3) is 22.1 Å². The number of carbonyl (C=O) groups is 3. The van der Waals surface area contributed by atoms with Crippen LogP contribution in [-0.4, -0.2) is 84.5 Å². The molecule has 7 N–H and O–H groups in total. The molecular formula is C38H45N13O6S. The van der Waals surface area contributed by atoms with Crippen LogP contribution in [0.1, 0.15) is 63.0 Å². The summed E-state index contributed by atoms with van der Waals surface area (Å²) in [6.07, 6.45) is 4.47. The van der Waals surface area contributed by atoms with E-state index in [0.29, 0.717) is 76.2 Å². The van der Waals surface area contributed by atoms with E-state index in [1.165, 1.54) is 12.1 Å². The van der Waals surface area contributed by atoms with E-state index in [1.807, 2.05) is 26.0 Å². The number of benzene rings is 2. The maximum Gasteiger partial charge on any atom is 0.276 e. The van der Waals surface area contributed by atoms with Crippen LogP contribution in [-0.2, 0) is 36.2 Å². The highest BCUT2D eigenvalue weighted by atomic mass is 32.2. The van der Waals surface area contributed by atoms with Gasteiger partial charge in [-0.2, -0.15) is 10.2 Å². The average Bonchev–Trinajstić information content (AvgIpc) is 3.92. The Balaban J connectivity index is 1.25. The highest BCUT2D eigenvalue weighted by Gasteiger charge is 2.24. The zero-order chi connectivity index (χ0) is 41.3. The first-order valence-corrected chi connectivity index (χ1v) is 20.4. The van der Waals surface area contributed by atoms with Crippen molar-refractivity contribution in [2.24, 2.45) is 16.8 Å². The first-order valence-electron chi connectivity index (χ1n) is 18.8. The van der Waals surface area contributed by atoms with Crippen molar-refractivity contribution in [3.8, 4) is 5.75 Å². The van der Waals surface area contributed by atoms with Crippen LogP contribution < -0.4 is 31.6 Å². The Hall–Kier alpha value is -6.38. The summed E-state index contributed by atoms with van der Waals surface area (Å²) in [5.41, 5.74) is 9.72. The normalized spacial score (nSPS) is 13.4. The van der Waals surface area contributed by atoms with Gasteiger partial charge in [-0.05, 0) is 95.6 Å². The van der Waals surface area contributed by atoms with Gasteiger partial charge in [0.2, 0.25) is 27.8 Å². The summed E-state index contributed by atoms with van der Waals surface area (Å²) in [7, 11) is -4.03. The number of primary amides is 1. The molecule has 0 radical (unpaired) electrons. The maximum absolute atomic E-state index is 13.7. The van der Waals surface area contributed by atoms with Gasteiger partial charge in [0.1, 0.15) is 22.7 Å². The quantitative estimate of drug-likeness (QED) is 0.0889. The topological polar surface area (TPSA) is 254 Å². The lowest BCUT2D eigenvalue weighted by molar-refractivity contribution is 0.0994. The molecule has 0 unspecified atom stereocenters. The number of aryl methyl sites for hydroxylation is 4. The number of fused-ring (bicyclic) bond motifs is 2. The number of amides is 3. The number of hydrogen-bond donors (Lipinski definition) is 5. The standard InChI is InChI=1S/C38H45N13O6S/c1-5-50-30(15-22(3)46-50)35(53)44-37-42-27-19-26(58(40,55)56)9-10-29(27)48(37)12-7-8-13-49-33-28(43-38(49)45-36(54)31-16-23(4)47-51(31)6-2)17-25(34(39)52)18-32(33)57-14-11-24-20-41-21-24/h7-10,15-19,24,41H,5-6,11-14,20-21H2,1-4H3,(H2,39,52)(H2,40,55,56)(H,42,44,53)(H,43,45,54)/b8-7+. The number of aromatic nitrogens is 8. The second kappa shape index (κ2) is 16.2. The Labute approximate surface area is 333 Å². The van der Waals surface area contributed by atoms with Gasteiger partial charge < -0.3 is 24.9 Å². The molecule has 58 heavy (non-hydrogen) atoms. The zero-order valence-corrected chi connectivity index (χ0v) is 33.3. The molecule has 20 heteroatoms. The molecule has 4 aromatic heterocycles. The first kappa shape index (κ1) is 39.8. The Morgan fingerprint density at radius 3 is 2.00 bits per heavy atom. The van der Waals surface area contributed by atoms with Gasteiger partial charge >= 0.3 is 0 Å². The largest absolute Gasteiger partial charge is 0.491 e. The fraction of sp³-hybridized carbons (Fsp3) is 0.342. The van der Waals surface area contributed by atoms with Crippen molar-refractivity contribution < 1.29 is 27.5 Å². The van der Waals surface area contributed by atoms with Crippen LogP contribution in [0.15, 0.2) is 59.5 Å². The summed E-state index contributed by atoms with van der Waals surface area (Å²) < 4.78 is 37.3. The third-order valence-electron chi connectivity index (χ3n) is 9.85. The molecule has 0 saturated carbocycles.